The van der Waals surface area contributed by atoms with Crippen LogP contribution < -0.4 is 10.7 Å². The van der Waals surface area contributed by atoms with Crippen LogP contribution in [-0.4, -0.2) is 15.9 Å². The van der Waals surface area contributed by atoms with E-state index in [1.54, 1.807) is 31.2 Å². The molecule has 0 radical (unpaired) electrons. The van der Waals surface area contributed by atoms with Crippen molar-refractivity contribution in [1.82, 2.24) is 9.97 Å². The maximum absolute atomic E-state index is 13.2. The fourth-order valence-electron chi connectivity index (χ4n) is 2.64. The number of rotatable bonds is 2. The third-order valence-corrected chi connectivity index (χ3v) is 4.73. The topological polar surface area (TPSA) is 74.8 Å². The third kappa shape index (κ3) is 2.89. The van der Waals surface area contributed by atoms with E-state index in [-0.39, 0.29) is 17.2 Å². The molecule has 1 amide bonds. The number of nitrogens with one attached hydrogen (secondary N) is 2. The minimum absolute atomic E-state index is 0.142. The minimum atomic E-state index is -0.374. The Labute approximate surface area is 145 Å². The Kier molecular flexibility index (Phi) is 3.58. The zero-order valence-corrected chi connectivity index (χ0v) is 13.9. The summed E-state index contributed by atoms with van der Waals surface area (Å²) in [6.07, 6.45) is 0. The van der Waals surface area contributed by atoms with Gasteiger partial charge >= 0.3 is 0 Å². The molecule has 2 aromatic heterocycles. The Balaban J connectivity index is 1.68. The molecule has 0 atom stereocenters. The molecule has 5 nitrogen and oxygen atoms in total. The van der Waals surface area contributed by atoms with Gasteiger partial charge in [0.15, 0.2) is 10.6 Å². The van der Waals surface area contributed by atoms with E-state index in [4.69, 9.17) is 0 Å². The van der Waals surface area contributed by atoms with Gasteiger partial charge in [0.2, 0.25) is 0 Å². The van der Waals surface area contributed by atoms with Gasteiger partial charge in [-0.15, -0.1) is 0 Å². The molecule has 0 aliphatic rings. The van der Waals surface area contributed by atoms with Gasteiger partial charge in [0.05, 0.1) is 10.2 Å². The number of anilines is 1. The van der Waals surface area contributed by atoms with E-state index >= 15 is 0 Å². The van der Waals surface area contributed by atoms with Crippen LogP contribution in [0.4, 0.5) is 9.52 Å². The van der Waals surface area contributed by atoms with Gasteiger partial charge in [-0.25, -0.2) is 9.37 Å². The number of aromatic amines is 1. The number of hydrogen-bond acceptors (Lipinski definition) is 4. The number of H-pyrrole nitrogens is 1. The monoisotopic (exact) mass is 353 g/mol. The van der Waals surface area contributed by atoms with Gasteiger partial charge in [-0.2, -0.15) is 0 Å². The summed E-state index contributed by atoms with van der Waals surface area (Å²) in [5.41, 5.74) is 2.27. The smallest absolute Gasteiger partial charge is 0.257 e. The van der Waals surface area contributed by atoms with Crippen LogP contribution in [0.25, 0.3) is 21.1 Å². The fourth-order valence-corrected chi connectivity index (χ4v) is 3.53. The molecule has 0 saturated heterocycles. The molecule has 0 unspecified atom stereocenters. The lowest BCUT2D eigenvalue weighted by Gasteiger charge is -2.04. The maximum atomic E-state index is 13.2. The van der Waals surface area contributed by atoms with E-state index in [2.05, 4.69) is 15.3 Å². The highest BCUT2D eigenvalue weighted by Gasteiger charge is 2.12. The number of hydrogen-bond donors (Lipinski definition) is 2. The zero-order chi connectivity index (χ0) is 17.6. The van der Waals surface area contributed by atoms with E-state index in [1.165, 1.54) is 29.5 Å². The molecule has 0 fully saturated rings. The Hall–Kier alpha value is -3.06. The molecule has 4 rings (SSSR count). The largest absolute Gasteiger partial charge is 0.358 e. The van der Waals surface area contributed by atoms with Gasteiger partial charge in [-0.05, 0) is 43.3 Å². The lowest BCUT2D eigenvalue weighted by molar-refractivity contribution is 0.102. The number of thiazole rings is 1. The number of pyridine rings is 1. The molecule has 4 aromatic rings. The summed E-state index contributed by atoms with van der Waals surface area (Å²) >= 11 is 1.19. The van der Waals surface area contributed by atoms with Crippen molar-refractivity contribution in [1.29, 1.82) is 0 Å². The first-order chi connectivity index (χ1) is 12.0. The molecule has 0 bridgehead atoms. The normalized spacial score (nSPS) is 11.1. The number of nitrogens with zero attached hydrogens (tertiary/aromatic N) is 1. The Morgan fingerprint density at radius 2 is 2.04 bits per heavy atom. The van der Waals surface area contributed by atoms with Gasteiger partial charge in [0.25, 0.3) is 5.91 Å². The molecule has 2 N–H and O–H groups in total. The summed E-state index contributed by atoms with van der Waals surface area (Å²) in [6.45, 7) is 1.80. The number of amides is 1. The Morgan fingerprint density at radius 1 is 1.20 bits per heavy atom. The molecule has 25 heavy (non-hydrogen) atoms. The van der Waals surface area contributed by atoms with Crippen LogP contribution in [0.15, 0.2) is 47.3 Å². The lowest BCUT2D eigenvalue weighted by atomic mass is 10.1. The summed E-state index contributed by atoms with van der Waals surface area (Å²) in [5, 5.41) is 3.52. The van der Waals surface area contributed by atoms with E-state index in [1.807, 2.05) is 0 Å². The van der Waals surface area contributed by atoms with Gasteiger partial charge in [0.1, 0.15) is 5.82 Å². The Bertz CT molecular complexity index is 1200. The van der Waals surface area contributed by atoms with Crippen molar-refractivity contribution in [3.8, 4) is 0 Å². The number of carbonyl (C=O) groups is 1. The van der Waals surface area contributed by atoms with Crippen LogP contribution in [0.1, 0.15) is 16.1 Å². The predicted molar refractivity (Wildman–Crippen MR) is 96.8 cm³/mol. The number of carbonyl (C=O) groups excluding carboxylic acids is 1. The molecular weight excluding hydrogens is 341 g/mol. The number of halogens is 1. The number of fused-ring (bicyclic) bond motifs is 2. The van der Waals surface area contributed by atoms with E-state index in [0.717, 1.165) is 5.69 Å². The molecule has 7 heteroatoms. The molecule has 2 heterocycles. The van der Waals surface area contributed by atoms with E-state index < -0.39 is 0 Å². The van der Waals surface area contributed by atoms with Crippen LogP contribution in [-0.2, 0) is 0 Å². The molecule has 0 aliphatic carbocycles. The van der Waals surface area contributed by atoms with Crippen molar-refractivity contribution in [2.24, 2.45) is 0 Å². The predicted octanol–water partition coefficient (Wildman–Crippen LogP) is 3.84. The lowest BCUT2D eigenvalue weighted by Crippen LogP contribution is -2.12. The highest BCUT2D eigenvalue weighted by atomic mass is 32.1. The zero-order valence-electron chi connectivity index (χ0n) is 13.1. The summed E-state index contributed by atoms with van der Waals surface area (Å²) in [4.78, 5) is 31.9. The molecule has 2 aromatic carbocycles. The van der Waals surface area contributed by atoms with Crippen molar-refractivity contribution >= 4 is 43.5 Å². The first-order valence-electron chi connectivity index (χ1n) is 7.51. The molecule has 0 aliphatic heterocycles. The second-order valence-electron chi connectivity index (χ2n) is 5.66. The van der Waals surface area contributed by atoms with E-state index in [9.17, 15) is 14.0 Å². The average molecular weight is 353 g/mol. The van der Waals surface area contributed by atoms with Gasteiger partial charge in [-0.3, -0.25) is 14.9 Å². The van der Waals surface area contributed by atoms with Crippen LogP contribution in [0.2, 0.25) is 0 Å². The Morgan fingerprint density at radius 3 is 2.88 bits per heavy atom. The third-order valence-electron chi connectivity index (χ3n) is 3.80. The van der Waals surface area contributed by atoms with Gasteiger partial charge in [-0.1, -0.05) is 11.3 Å². The SMILES string of the molecule is Cc1cc(=O)c2cc(C(=O)Nc3nc4ccc(F)cc4s3)ccc2[nH]1. The standard InChI is InChI=1S/C18H12FN3O2S/c1-9-6-15(23)12-7-10(2-4-13(12)20-9)17(24)22-18-21-14-5-3-11(19)8-16(14)25-18/h2-8H,1H3,(H,20,23)(H,21,22,24). The van der Waals surface area contributed by atoms with Crippen LogP contribution in [0.3, 0.4) is 0 Å². The summed E-state index contributed by atoms with van der Waals surface area (Å²) in [7, 11) is 0. The second kappa shape index (κ2) is 5.78. The summed E-state index contributed by atoms with van der Waals surface area (Å²) in [5.74, 6) is -0.723. The van der Waals surface area contributed by atoms with E-state index in [0.29, 0.717) is 31.8 Å². The van der Waals surface area contributed by atoms with Crippen LogP contribution in [0, 0.1) is 12.7 Å². The average Bonchev–Trinajstić information content (AvgIpc) is 2.95. The summed E-state index contributed by atoms with van der Waals surface area (Å²) < 4.78 is 13.9. The molecule has 0 saturated carbocycles. The van der Waals surface area contributed by atoms with Gasteiger partial charge < -0.3 is 4.98 Å². The van der Waals surface area contributed by atoms with Crippen molar-refractivity contribution in [3.63, 3.8) is 0 Å². The summed E-state index contributed by atoms with van der Waals surface area (Å²) in [6, 6.07) is 10.6. The first kappa shape index (κ1) is 15.5. The van der Waals surface area contributed by atoms with Crippen molar-refractivity contribution in [2.45, 2.75) is 6.92 Å². The minimum Gasteiger partial charge on any atom is -0.358 e. The van der Waals surface area contributed by atoms with Crippen molar-refractivity contribution in [2.75, 3.05) is 5.32 Å². The highest BCUT2D eigenvalue weighted by molar-refractivity contribution is 7.22. The number of aromatic nitrogens is 2. The highest BCUT2D eigenvalue weighted by Crippen LogP contribution is 2.27. The number of benzene rings is 2. The number of aryl methyl sites for hydroxylation is 1. The van der Waals surface area contributed by atoms with Crippen molar-refractivity contribution in [3.05, 3.63) is 69.8 Å². The van der Waals surface area contributed by atoms with Crippen LogP contribution in [0.5, 0.6) is 0 Å². The molecular formula is C18H12FN3O2S. The molecule has 0 spiro atoms. The fraction of sp³-hybridized carbons (Fsp3) is 0.0556. The quantitative estimate of drug-likeness (QED) is 0.575. The first-order valence-corrected chi connectivity index (χ1v) is 8.32. The molecule has 124 valence electrons. The van der Waals surface area contributed by atoms with Gasteiger partial charge in [0, 0.05) is 28.2 Å². The maximum Gasteiger partial charge on any atom is 0.257 e. The second-order valence-corrected chi connectivity index (χ2v) is 6.69. The van der Waals surface area contributed by atoms with Crippen LogP contribution >= 0.6 is 11.3 Å². The van der Waals surface area contributed by atoms with Crippen molar-refractivity contribution < 1.29 is 9.18 Å².